The lowest BCUT2D eigenvalue weighted by atomic mass is 9.99. The molecule has 0 aromatic heterocycles. The Morgan fingerprint density at radius 2 is 1.78 bits per heavy atom. The average Bonchev–Trinajstić information content (AvgIpc) is 3.28. The fourth-order valence-corrected chi connectivity index (χ4v) is 6.35. The first-order valence-electron chi connectivity index (χ1n) is 14.2. The second-order valence-corrected chi connectivity index (χ2v) is 12.3. The number of nitrogens with zero attached hydrogens (tertiary/aromatic N) is 2. The van der Waals surface area contributed by atoms with E-state index in [1.54, 1.807) is 17.0 Å². The van der Waals surface area contributed by atoms with Gasteiger partial charge in [0.05, 0.1) is 16.1 Å². The van der Waals surface area contributed by atoms with Crippen LogP contribution in [0.4, 0.5) is 0 Å². The number of carbonyl (C=O) groups is 3. The number of hydrogen-bond donors (Lipinski definition) is 2. The van der Waals surface area contributed by atoms with Crippen LogP contribution in [0.5, 0.6) is 0 Å². The third-order valence-electron chi connectivity index (χ3n) is 7.92. The monoisotopic (exact) mass is 622 g/mol. The van der Waals surface area contributed by atoms with Crippen molar-refractivity contribution in [2.24, 2.45) is 5.92 Å². The van der Waals surface area contributed by atoms with Gasteiger partial charge in [0.1, 0.15) is 6.04 Å². The second kappa shape index (κ2) is 15.2. The molecule has 2 heterocycles. The summed E-state index contributed by atoms with van der Waals surface area (Å²) in [5.74, 6) is -0.0613. The maximum absolute atomic E-state index is 14.1. The number of rotatable bonds is 10. The number of benzene rings is 2. The lowest BCUT2D eigenvalue weighted by molar-refractivity contribution is -0.143. The van der Waals surface area contributed by atoms with Crippen LogP contribution in [-0.2, 0) is 27.3 Å². The summed E-state index contributed by atoms with van der Waals surface area (Å²) in [7, 11) is 0. The first-order valence-corrected chi connectivity index (χ1v) is 15.0. The Morgan fingerprint density at radius 1 is 1.05 bits per heavy atom. The first kappa shape index (κ1) is 33.2. The molecule has 7 nitrogen and oxygen atoms in total. The summed E-state index contributed by atoms with van der Waals surface area (Å²) in [6.45, 7) is 7.11. The van der Waals surface area contributed by atoms with Crippen LogP contribution in [0, 0.1) is 5.92 Å². The van der Waals surface area contributed by atoms with Gasteiger partial charge in [-0.3, -0.25) is 19.3 Å². The van der Waals surface area contributed by atoms with E-state index in [4.69, 9.17) is 23.2 Å². The van der Waals surface area contributed by atoms with Gasteiger partial charge in [-0.25, -0.2) is 0 Å². The van der Waals surface area contributed by atoms with Gasteiger partial charge in [-0.1, -0.05) is 73.4 Å². The summed E-state index contributed by atoms with van der Waals surface area (Å²) in [4.78, 5) is 43.7. The molecule has 0 bridgehead atoms. The van der Waals surface area contributed by atoms with Crippen molar-refractivity contribution in [3.8, 4) is 0 Å². The van der Waals surface area contributed by atoms with E-state index in [9.17, 15) is 14.4 Å². The smallest absolute Gasteiger partial charge is 0.243 e. The molecule has 2 saturated heterocycles. The van der Waals surface area contributed by atoms with Crippen molar-refractivity contribution in [1.82, 2.24) is 20.4 Å². The predicted molar refractivity (Wildman–Crippen MR) is 166 cm³/mol. The summed E-state index contributed by atoms with van der Waals surface area (Å²) in [5, 5.41) is 6.96. The van der Waals surface area contributed by atoms with E-state index in [2.05, 4.69) is 41.5 Å². The molecule has 2 aliphatic rings. The third kappa shape index (κ3) is 8.84. The van der Waals surface area contributed by atoms with Crippen LogP contribution >= 0.6 is 35.6 Å². The third-order valence-corrected chi connectivity index (χ3v) is 8.66. The molecule has 3 amide bonds. The molecule has 0 spiro atoms. The number of fused-ring (bicyclic) bond motifs is 1. The van der Waals surface area contributed by atoms with Crippen molar-refractivity contribution < 1.29 is 14.4 Å². The average molecular weight is 624 g/mol. The van der Waals surface area contributed by atoms with Crippen LogP contribution in [-0.4, -0.2) is 64.8 Å². The molecule has 41 heavy (non-hydrogen) atoms. The number of nitrogens with one attached hydrogen (secondary N) is 2. The molecule has 10 heteroatoms. The van der Waals surface area contributed by atoms with Crippen LogP contribution < -0.4 is 10.6 Å². The molecular weight excluding hydrogens is 583 g/mol. The largest absolute Gasteiger partial charge is 0.352 e. The fraction of sp³-hybridized carbons (Fsp3) is 0.516. The van der Waals surface area contributed by atoms with E-state index in [0.717, 1.165) is 24.8 Å². The topological polar surface area (TPSA) is 81.8 Å². The summed E-state index contributed by atoms with van der Waals surface area (Å²) < 4.78 is 0. The summed E-state index contributed by atoms with van der Waals surface area (Å²) in [6, 6.07) is 14.8. The summed E-state index contributed by atoms with van der Waals surface area (Å²) in [5.41, 5.74) is 2.11. The molecule has 0 aliphatic carbocycles. The molecule has 2 fully saturated rings. The molecule has 0 radical (unpaired) electrons. The lowest BCUT2D eigenvalue weighted by Crippen LogP contribution is -2.53. The molecule has 224 valence electrons. The van der Waals surface area contributed by atoms with E-state index < -0.39 is 6.04 Å². The highest BCUT2D eigenvalue weighted by atomic mass is 35.5. The minimum atomic E-state index is -0.579. The van der Waals surface area contributed by atoms with Crippen molar-refractivity contribution in [3.63, 3.8) is 0 Å². The van der Waals surface area contributed by atoms with Gasteiger partial charge in [-0.15, -0.1) is 12.4 Å². The number of hydrogen-bond acceptors (Lipinski definition) is 4. The Kier molecular flexibility index (Phi) is 12.3. The Hall–Kier alpha value is -2.32. The molecule has 2 aliphatic heterocycles. The molecular formula is C31H41Cl3N4O3. The zero-order chi connectivity index (χ0) is 28.8. The highest BCUT2D eigenvalue weighted by Crippen LogP contribution is 2.31. The Morgan fingerprint density at radius 3 is 2.44 bits per heavy atom. The van der Waals surface area contributed by atoms with Crippen molar-refractivity contribution >= 4 is 53.3 Å². The minimum Gasteiger partial charge on any atom is -0.352 e. The Labute approximate surface area is 259 Å². The van der Waals surface area contributed by atoms with Gasteiger partial charge >= 0.3 is 0 Å². The van der Waals surface area contributed by atoms with Gasteiger partial charge < -0.3 is 15.5 Å². The van der Waals surface area contributed by atoms with Crippen LogP contribution in [0.1, 0.15) is 57.6 Å². The van der Waals surface area contributed by atoms with Crippen molar-refractivity contribution in [3.05, 3.63) is 69.7 Å². The highest BCUT2D eigenvalue weighted by Gasteiger charge is 2.46. The van der Waals surface area contributed by atoms with E-state index in [-0.39, 0.29) is 54.2 Å². The molecule has 4 atom stereocenters. The number of carbonyl (C=O) groups excluding carboxylic acids is 3. The molecule has 2 N–H and O–H groups in total. The predicted octanol–water partition coefficient (Wildman–Crippen LogP) is 5.26. The van der Waals surface area contributed by atoms with Gasteiger partial charge in [0.15, 0.2) is 0 Å². The molecule has 2 unspecified atom stereocenters. The van der Waals surface area contributed by atoms with Crippen LogP contribution in [0.2, 0.25) is 10.0 Å². The molecule has 2 aromatic rings. The number of aryl methyl sites for hydroxylation is 1. The first-order chi connectivity index (χ1) is 19.1. The zero-order valence-corrected chi connectivity index (χ0v) is 26.3. The standard InChI is InChI=1S/C31H40Cl2N4O3.ClH/c1-20(2)15-28(30(39)34-18-23-10-12-26(32)27(33)16-23)36-14-13-25(11-9-22-7-5-4-6-8-22)37-19-24(35-21(3)38)17-29(37)31(36)40;/h4-8,10,12,16,20,24-25,28-29H,9,11,13-15,17-19H2,1-3H3,(H,34,39)(H,35,38);1H/t24-,25?,28?,29+;/m1./s1. The Balaban J connectivity index is 0.00000462. The van der Waals surface area contributed by atoms with E-state index in [0.29, 0.717) is 42.5 Å². The normalized spacial score (nSPS) is 21.6. The molecule has 2 aromatic carbocycles. The van der Waals surface area contributed by atoms with Gasteiger partial charge in [0.2, 0.25) is 17.7 Å². The second-order valence-electron chi connectivity index (χ2n) is 11.5. The number of halogens is 3. The van der Waals surface area contributed by atoms with Crippen LogP contribution in [0.15, 0.2) is 48.5 Å². The van der Waals surface area contributed by atoms with Gasteiger partial charge in [-0.05, 0) is 61.3 Å². The SMILES string of the molecule is CC(=O)N[C@@H]1C[C@H]2C(=O)N(C(CC(C)C)C(=O)NCc3ccc(Cl)c(Cl)c3)CCC(CCc3ccccc3)N2C1.Cl. The zero-order valence-electron chi connectivity index (χ0n) is 23.9. The number of amides is 3. The van der Waals surface area contributed by atoms with E-state index >= 15 is 0 Å². The minimum absolute atomic E-state index is 0. The fourth-order valence-electron chi connectivity index (χ4n) is 6.03. The van der Waals surface area contributed by atoms with E-state index in [1.807, 2.05) is 24.3 Å². The van der Waals surface area contributed by atoms with Crippen LogP contribution in [0.3, 0.4) is 0 Å². The van der Waals surface area contributed by atoms with E-state index in [1.165, 1.54) is 12.5 Å². The maximum Gasteiger partial charge on any atom is 0.243 e. The summed E-state index contributed by atoms with van der Waals surface area (Å²) >= 11 is 12.2. The Bertz CT molecular complexity index is 1200. The van der Waals surface area contributed by atoms with Gasteiger partial charge in [-0.2, -0.15) is 0 Å². The summed E-state index contributed by atoms with van der Waals surface area (Å²) in [6.07, 6.45) is 3.71. The molecule has 4 rings (SSSR count). The van der Waals surface area contributed by atoms with Gasteiger partial charge in [0, 0.05) is 38.6 Å². The quantitative estimate of drug-likeness (QED) is 0.379. The maximum atomic E-state index is 14.1. The van der Waals surface area contributed by atoms with Crippen molar-refractivity contribution in [2.75, 3.05) is 13.1 Å². The van der Waals surface area contributed by atoms with Crippen molar-refractivity contribution in [1.29, 1.82) is 0 Å². The highest BCUT2D eigenvalue weighted by molar-refractivity contribution is 6.42. The molecule has 0 saturated carbocycles. The van der Waals surface area contributed by atoms with Gasteiger partial charge in [0.25, 0.3) is 0 Å². The van der Waals surface area contributed by atoms with Crippen LogP contribution in [0.25, 0.3) is 0 Å². The lowest BCUT2D eigenvalue weighted by Gasteiger charge is -2.33. The van der Waals surface area contributed by atoms with Crippen molar-refractivity contribution in [2.45, 2.75) is 83.6 Å².